The molecule has 0 saturated heterocycles. The quantitative estimate of drug-likeness (QED) is 0.626. The van der Waals surface area contributed by atoms with Gasteiger partial charge in [0.05, 0.1) is 4.92 Å². The second kappa shape index (κ2) is 7.20. The molecule has 1 N–H and O–H groups in total. The third-order valence-corrected chi connectivity index (χ3v) is 4.07. The molecule has 1 aliphatic carbocycles. The zero-order chi connectivity index (χ0) is 16.9. The van der Waals surface area contributed by atoms with Crippen LogP contribution in [0.3, 0.4) is 0 Å². The van der Waals surface area contributed by atoms with Crippen LogP contribution in [0, 0.1) is 16.0 Å². The fourth-order valence-corrected chi connectivity index (χ4v) is 2.79. The van der Waals surface area contributed by atoms with E-state index in [0.717, 1.165) is 19.0 Å². The molecule has 0 aromatic carbocycles. The summed E-state index contributed by atoms with van der Waals surface area (Å²) in [4.78, 5) is 26.1. The number of nitrogens with one attached hydrogen (secondary N) is 1. The van der Waals surface area contributed by atoms with Gasteiger partial charge in [0, 0.05) is 6.54 Å². The molecule has 0 radical (unpaired) electrons. The van der Waals surface area contributed by atoms with Crippen LogP contribution >= 0.6 is 0 Å². The monoisotopic (exact) mass is 334 g/mol. The lowest BCUT2D eigenvalue weighted by Gasteiger charge is -2.21. The van der Waals surface area contributed by atoms with Crippen molar-refractivity contribution in [3.63, 3.8) is 0 Å². The van der Waals surface area contributed by atoms with E-state index in [1.807, 2.05) is 0 Å². The highest BCUT2D eigenvalue weighted by Crippen LogP contribution is 2.22. The molecule has 2 aromatic heterocycles. The van der Waals surface area contributed by atoms with Gasteiger partial charge in [-0.25, -0.2) is 0 Å². The second-order valence-electron chi connectivity index (χ2n) is 5.88. The third kappa shape index (κ3) is 3.94. The fourth-order valence-electron chi connectivity index (χ4n) is 2.79. The average molecular weight is 334 g/mol. The number of carbonyl (C=O) groups excluding carboxylic acids is 1. The zero-order valence-electron chi connectivity index (χ0n) is 13.1. The summed E-state index contributed by atoms with van der Waals surface area (Å²) in [5.41, 5.74) is -0.121. The van der Waals surface area contributed by atoms with E-state index >= 15 is 0 Å². The summed E-state index contributed by atoms with van der Waals surface area (Å²) >= 11 is 0. The van der Waals surface area contributed by atoms with Gasteiger partial charge in [-0.3, -0.25) is 19.6 Å². The van der Waals surface area contributed by atoms with E-state index in [1.54, 1.807) is 0 Å². The molecule has 10 nitrogen and oxygen atoms in total. The molecule has 24 heavy (non-hydrogen) atoms. The van der Waals surface area contributed by atoms with Crippen LogP contribution in [0.25, 0.3) is 0 Å². The molecular weight excluding hydrogens is 316 g/mol. The number of carbonyl (C=O) groups is 1. The predicted molar refractivity (Wildman–Crippen MR) is 81.2 cm³/mol. The van der Waals surface area contributed by atoms with Crippen LogP contribution in [0.4, 0.5) is 5.69 Å². The standard InChI is InChI=1S/C14H18N6O4/c21-13(15-6-10-4-2-1-3-5-10)14-17-12(18-24-14)9-19-8-11(7-16-19)20(22)23/h7-8,10H,1-6,9H2,(H,15,21). The van der Waals surface area contributed by atoms with Crippen molar-refractivity contribution in [3.05, 3.63) is 34.2 Å². The third-order valence-electron chi connectivity index (χ3n) is 4.07. The molecule has 0 spiro atoms. The molecule has 0 atom stereocenters. The number of hydrogen-bond acceptors (Lipinski definition) is 7. The van der Waals surface area contributed by atoms with Crippen molar-refractivity contribution in [1.82, 2.24) is 25.2 Å². The Labute approximate surface area is 137 Å². The van der Waals surface area contributed by atoms with Gasteiger partial charge >= 0.3 is 17.5 Å². The maximum Gasteiger partial charge on any atom is 0.316 e. The summed E-state index contributed by atoms with van der Waals surface area (Å²) in [5.74, 6) is 0.235. The van der Waals surface area contributed by atoms with E-state index in [2.05, 4.69) is 20.6 Å². The maximum absolute atomic E-state index is 12.0. The SMILES string of the molecule is O=C(NCC1CCCCC1)c1nc(Cn2cc([N+](=O)[O-])cn2)no1. The summed E-state index contributed by atoms with van der Waals surface area (Å²) in [6.07, 6.45) is 8.35. The lowest BCUT2D eigenvalue weighted by molar-refractivity contribution is -0.385. The number of aromatic nitrogens is 4. The normalized spacial score (nSPS) is 15.3. The smallest absolute Gasteiger partial charge is 0.316 e. The van der Waals surface area contributed by atoms with Crippen molar-refractivity contribution < 1.29 is 14.2 Å². The van der Waals surface area contributed by atoms with Crippen LogP contribution < -0.4 is 5.32 Å². The minimum Gasteiger partial charge on any atom is -0.348 e. The summed E-state index contributed by atoms with van der Waals surface area (Å²) in [6, 6.07) is 0. The van der Waals surface area contributed by atoms with Gasteiger partial charge in [0.1, 0.15) is 18.9 Å². The molecule has 0 bridgehead atoms. The van der Waals surface area contributed by atoms with Crippen LogP contribution in [0.5, 0.6) is 0 Å². The van der Waals surface area contributed by atoms with Crippen molar-refractivity contribution in [2.24, 2.45) is 5.92 Å². The van der Waals surface area contributed by atoms with Crippen molar-refractivity contribution >= 4 is 11.6 Å². The van der Waals surface area contributed by atoms with E-state index in [4.69, 9.17) is 4.52 Å². The number of amides is 1. The Bertz CT molecular complexity index is 718. The first-order chi connectivity index (χ1) is 11.6. The van der Waals surface area contributed by atoms with Crippen molar-refractivity contribution in [2.75, 3.05) is 6.54 Å². The van der Waals surface area contributed by atoms with Gasteiger partial charge in [-0.2, -0.15) is 10.1 Å². The molecule has 0 unspecified atom stereocenters. The van der Waals surface area contributed by atoms with Gasteiger partial charge in [0.15, 0.2) is 5.82 Å². The summed E-state index contributed by atoms with van der Waals surface area (Å²) in [5, 5.41) is 21.0. The fraction of sp³-hybridized carbons (Fsp3) is 0.571. The van der Waals surface area contributed by atoms with E-state index in [1.165, 1.54) is 30.1 Å². The number of hydrogen-bond donors (Lipinski definition) is 1. The van der Waals surface area contributed by atoms with Gasteiger partial charge in [0.2, 0.25) is 0 Å². The summed E-state index contributed by atoms with van der Waals surface area (Å²) < 4.78 is 6.26. The average Bonchev–Trinajstić information content (AvgIpc) is 3.24. The van der Waals surface area contributed by atoms with Crippen molar-refractivity contribution in [3.8, 4) is 0 Å². The van der Waals surface area contributed by atoms with E-state index < -0.39 is 10.8 Å². The lowest BCUT2D eigenvalue weighted by Crippen LogP contribution is -2.30. The molecule has 1 amide bonds. The van der Waals surface area contributed by atoms with Gasteiger partial charge in [-0.05, 0) is 18.8 Å². The molecule has 1 fully saturated rings. The predicted octanol–water partition coefficient (Wildman–Crippen LogP) is 1.53. The Morgan fingerprint density at radius 3 is 2.92 bits per heavy atom. The first-order valence-corrected chi connectivity index (χ1v) is 7.89. The minimum atomic E-state index is -0.538. The number of nitrogens with zero attached hydrogens (tertiary/aromatic N) is 5. The molecule has 3 rings (SSSR count). The van der Waals surface area contributed by atoms with Crippen LogP contribution in [0.15, 0.2) is 16.9 Å². The minimum absolute atomic E-state index is 0.0905. The molecule has 1 aliphatic rings. The number of nitro groups is 1. The Kier molecular flexibility index (Phi) is 4.82. The molecule has 10 heteroatoms. The topological polar surface area (TPSA) is 129 Å². The highest BCUT2D eigenvalue weighted by Gasteiger charge is 2.19. The van der Waals surface area contributed by atoms with Gasteiger partial charge < -0.3 is 9.84 Å². The van der Waals surface area contributed by atoms with Crippen LogP contribution in [0.2, 0.25) is 0 Å². The lowest BCUT2D eigenvalue weighted by atomic mass is 9.89. The highest BCUT2D eigenvalue weighted by atomic mass is 16.6. The highest BCUT2D eigenvalue weighted by molar-refractivity contribution is 5.89. The van der Waals surface area contributed by atoms with Crippen LogP contribution in [0.1, 0.15) is 48.6 Å². The van der Waals surface area contributed by atoms with Crippen LogP contribution in [-0.4, -0.2) is 37.3 Å². The first-order valence-electron chi connectivity index (χ1n) is 7.89. The molecule has 2 heterocycles. The largest absolute Gasteiger partial charge is 0.348 e. The van der Waals surface area contributed by atoms with Gasteiger partial charge in [-0.15, -0.1) is 0 Å². The van der Waals surface area contributed by atoms with Gasteiger partial charge in [0.25, 0.3) is 0 Å². The van der Waals surface area contributed by atoms with Crippen molar-refractivity contribution in [2.45, 2.75) is 38.6 Å². The Morgan fingerprint density at radius 1 is 1.42 bits per heavy atom. The molecule has 2 aromatic rings. The Morgan fingerprint density at radius 2 is 2.21 bits per heavy atom. The van der Waals surface area contributed by atoms with E-state index in [-0.39, 0.29) is 23.9 Å². The summed E-state index contributed by atoms with van der Waals surface area (Å²) in [7, 11) is 0. The molecule has 0 aliphatic heterocycles. The molecule has 1 saturated carbocycles. The first kappa shape index (κ1) is 16.1. The van der Waals surface area contributed by atoms with E-state index in [9.17, 15) is 14.9 Å². The van der Waals surface area contributed by atoms with Crippen molar-refractivity contribution in [1.29, 1.82) is 0 Å². The zero-order valence-corrected chi connectivity index (χ0v) is 13.1. The molecular formula is C14H18N6O4. The molecule has 128 valence electrons. The maximum atomic E-state index is 12.0. The van der Waals surface area contributed by atoms with Crippen LogP contribution in [-0.2, 0) is 6.54 Å². The Hall–Kier alpha value is -2.78. The van der Waals surface area contributed by atoms with E-state index in [0.29, 0.717) is 12.5 Å². The number of rotatable bonds is 6. The Balaban J connectivity index is 1.53. The summed E-state index contributed by atoms with van der Waals surface area (Å²) in [6.45, 7) is 0.704. The van der Waals surface area contributed by atoms with Gasteiger partial charge in [-0.1, -0.05) is 24.4 Å². The second-order valence-corrected chi connectivity index (χ2v) is 5.88.